The molecule has 0 saturated carbocycles. The molecular formula is C15H20N2O4. The van der Waals surface area contributed by atoms with Crippen LogP contribution < -0.4 is 20.1 Å². The number of nitrogens with one attached hydrogen (secondary N) is 2. The van der Waals surface area contributed by atoms with Crippen molar-refractivity contribution < 1.29 is 19.1 Å². The Hall–Kier alpha value is -2.24. The predicted molar refractivity (Wildman–Crippen MR) is 77.2 cm³/mol. The van der Waals surface area contributed by atoms with E-state index in [1.807, 2.05) is 19.1 Å². The van der Waals surface area contributed by atoms with Crippen molar-refractivity contribution >= 4 is 11.8 Å². The SMILES string of the molecule is COc1ccc(C(C)NC(=O)C2CNC(=O)C2)c(OC)c1. The quantitative estimate of drug-likeness (QED) is 0.849. The minimum Gasteiger partial charge on any atom is -0.497 e. The Balaban J connectivity index is 2.07. The van der Waals surface area contributed by atoms with E-state index in [9.17, 15) is 9.59 Å². The van der Waals surface area contributed by atoms with E-state index in [0.717, 1.165) is 5.56 Å². The summed E-state index contributed by atoms with van der Waals surface area (Å²) < 4.78 is 10.5. The maximum absolute atomic E-state index is 12.1. The fourth-order valence-corrected chi connectivity index (χ4v) is 2.38. The summed E-state index contributed by atoms with van der Waals surface area (Å²) in [7, 11) is 3.16. The van der Waals surface area contributed by atoms with Gasteiger partial charge in [0.1, 0.15) is 11.5 Å². The zero-order valence-corrected chi connectivity index (χ0v) is 12.4. The van der Waals surface area contributed by atoms with Crippen LogP contribution in [-0.4, -0.2) is 32.6 Å². The molecule has 1 aromatic carbocycles. The normalized spacial score (nSPS) is 18.8. The molecule has 0 spiro atoms. The van der Waals surface area contributed by atoms with Crippen LogP contribution in [0.25, 0.3) is 0 Å². The highest BCUT2D eigenvalue weighted by atomic mass is 16.5. The van der Waals surface area contributed by atoms with Crippen LogP contribution in [0, 0.1) is 5.92 Å². The summed E-state index contributed by atoms with van der Waals surface area (Å²) in [5.74, 6) is 0.843. The third-order valence-electron chi connectivity index (χ3n) is 3.61. The van der Waals surface area contributed by atoms with Crippen molar-refractivity contribution in [1.82, 2.24) is 10.6 Å². The van der Waals surface area contributed by atoms with Gasteiger partial charge >= 0.3 is 0 Å². The van der Waals surface area contributed by atoms with Crippen molar-refractivity contribution in [2.45, 2.75) is 19.4 Å². The summed E-state index contributed by atoms with van der Waals surface area (Å²) in [6.07, 6.45) is 0.248. The maximum atomic E-state index is 12.1. The average molecular weight is 292 g/mol. The van der Waals surface area contributed by atoms with E-state index in [1.165, 1.54) is 0 Å². The van der Waals surface area contributed by atoms with E-state index in [1.54, 1.807) is 20.3 Å². The van der Waals surface area contributed by atoms with Crippen LogP contribution in [-0.2, 0) is 9.59 Å². The van der Waals surface area contributed by atoms with E-state index in [4.69, 9.17) is 9.47 Å². The molecule has 2 N–H and O–H groups in total. The third-order valence-corrected chi connectivity index (χ3v) is 3.61. The molecule has 1 saturated heterocycles. The summed E-state index contributed by atoms with van der Waals surface area (Å²) >= 11 is 0. The van der Waals surface area contributed by atoms with Gasteiger partial charge in [0.05, 0.1) is 26.2 Å². The minimum atomic E-state index is -0.302. The molecule has 2 amide bonds. The Labute approximate surface area is 123 Å². The van der Waals surface area contributed by atoms with Gasteiger partial charge in [-0.3, -0.25) is 9.59 Å². The zero-order valence-electron chi connectivity index (χ0n) is 12.4. The van der Waals surface area contributed by atoms with Crippen molar-refractivity contribution in [3.05, 3.63) is 23.8 Å². The van der Waals surface area contributed by atoms with E-state index in [2.05, 4.69) is 10.6 Å². The van der Waals surface area contributed by atoms with Gasteiger partial charge in [0, 0.05) is 24.6 Å². The number of ether oxygens (including phenoxy) is 2. The summed E-state index contributed by atoms with van der Waals surface area (Å²) in [6, 6.07) is 5.24. The first-order valence-electron chi connectivity index (χ1n) is 6.84. The van der Waals surface area contributed by atoms with Gasteiger partial charge in [-0.1, -0.05) is 0 Å². The second-order valence-electron chi connectivity index (χ2n) is 5.04. The fraction of sp³-hybridized carbons (Fsp3) is 0.467. The summed E-state index contributed by atoms with van der Waals surface area (Å²) in [5, 5.41) is 5.58. The second kappa shape index (κ2) is 6.47. The molecular weight excluding hydrogens is 272 g/mol. The van der Waals surface area contributed by atoms with Crippen LogP contribution in [0.15, 0.2) is 18.2 Å². The lowest BCUT2D eigenvalue weighted by Gasteiger charge is -2.19. The highest BCUT2D eigenvalue weighted by Crippen LogP contribution is 2.29. The molecule has 1 aliphatic rings. The van der Waals surface area contributed by atoms with Gasteiger partial charge in [-0.25, -0.2) is 0 Å². The third kappa shape index (κ3) is 3.45. The number of methoxy groups -OCH3 is 2. The second-order valence-corrected chi connectivity index (χ2v) is 5.04. The predicted octanol–water partition coefficient (Wildman–Crippen LogP) is 1.02. The molecule has 0 radical (unpaired) electrons. The Morgan fingerprint density at radius 3 is 2.71 bits per heavy atom. The molecule has 1 fully saturated rings. The van der Waals surface area contributed by atoms with Crippen molar-refractivity contribution in [2.75, 3.05) is 20.8 Å². The molecule has 21 heavy (non-hydrogen) atoms. The van der Waals surface area contributed by atoms with Crippen LogP contribution in [0.4, 0.5) is 0 Å². The van der Waals surface area contributed by atoms with Gasteiger partial charge in [-0.15, -0.1) is 0 Å². The lowest BCUT2D eigenvalue weighted by atomic mass is 10.0. The molecule has 1 aromatic rings. The molecule has 0 aromatic heterocycles. The Morgan fingerprint density at radius 2 is 2.14 bits per heavy atom. The van der Waals surface area contributed by atoms with Crippen molar-refractivity contribution in [2.24, 2.45) is 5.92 Å². The minimum absolute atomic E-state index is 0.0789. The first kappa shape index (κ1) is 15.2. The molecule has 114 valence electrons. The first-order valence-corrected chi connectivity index (χ1v) is 6.84. The largest absolute Gasteiger partial charge is 0.497 e. The van der Waals surface area contributed by atoms with Gasteiger partial charge in [-0.05, 0) is 19.1 Å². The molecule has 2 atom stereocenters. The summed E-state index contributed by atoms with van der Waals surface area (Å²) in [4.78, 5) is 23.3. The topological polar surface area (TPSA) is 76.7 Å². The van der Waals surface area contributed by atoms with Gasteiger partial charge in [0.2, 0.25) is 11.8 Å². The van der Waals surface area contributed by atoms with Crippen LogP contribution in [0.5, 0.6) is 11.5 Å². The summed E-state index contributed by atoms with van der Waals surface area (Å²) in [5.41, 5.74) is 0.865. The Morgan fingerprint density at radius 1 is 1.38 bits per heavy atom. The standard InChI is InChI=1S/C15H20N2O4/c1-9(17-15(19)10-6-14(18)16-8-10)12-5-4-11(20-2)7-13(12)21-3/h4-5,7,9-10H,6,8H2,1-3H3,(H,16,18)(H,17,19). The number of hydrogen-bond acceptors (Lipinski definition) is 4. The highest BCUT2D eigenvalue weighted by Gasteiger charge is 2.29. The van der Waals surface area contributed by atoms with Gasteiger partial charge in [0.15, 0.2) is 0 Å². The van der Waals surface area contributed by atoms with Gasteiger partial charge < -0.3 is 20.1 Å². The van der Waals surface area contributed by atoms with Crippen LogP contribution in [0.1, 0.15) is 24.9 Å². The van der Waals surface area contributed by atoms with Crippen molar-refractivity contribution in [1.29, 1.82) is 0 Å². The van der Waals surface area contributed by atoms with Crippen molar-refractivity contribution in [3.63, 3.8) is 0 Å². The van der Waals surface area contributed by atoms with Gasteiger partial charge in [-0.2, -0.15) is 0 Å². The fourth-order valence-electron chi connectivity index (χ4n) is 2.38. The lowest BCUT2D eigenvalue weighted by Crippen LogP contribution is -2.33. The number of benzene rings is 1. The molecule has 2 rings (SSSR count). The number of carbonyl (C=O) groups excluding carboxylic acids is 2. The Kier molecular flexibility index (Phi) is 4.67. The molecule has 6 nitrogen and oxygen atoms in total. The maximum Gasteiger partial charge on any atom is 0.225 e. The molecule has 1 heterocycles. The van der Waals surface area contributed by atoms with E-state index >= 15 is 0 Å². The van der Waals surface area contributed by atoms with Gasteiger partial charge in [0.25, 0.3) is 0 Å². The van der Waals surface area contributed by atoms with Crippen molar-refractivity contribution in [3.8, 4) is 11.5 Å². The van der Waals surface area contributed by atoms with Crippen LogP contribution in [0.3, 0.4) is 0 Å². The molecule has 6 heteroatoms. The zero-order chi connectivity index (χ0) is 15.4. The molecule has 0 bridgehead atoms. The van der Waals surface area contributed by atoms with Crippen LogP contribution >= 0.6 is 0 Å². The highest BCUT2D eigenvalue weighted by molar-refractivity contribution is 5.89. The van der Waals surface area contributed by atoms with E-state index < -0.39 is 0 Å². The molecule has 0 aliphatic carbocycles. The smallest absolute Gasteiger partial charge is 0.225 e. The lowest BCUT2D eigenvalue weighted by molar-refractivity contribution is -0.127. The number of rotatable bonds is 5. The first-order chi connectivity index (χ1) is 10.0. The van der Waals surface area contributed by atoms with E-state index in [-0.39, 0.29) is 30.2 Å². The molecule has 2 unspecified atom stereocenters. The average Bonchev–Trinajstić information content (AvgIpc) is 2.93. The van der Waals surface area contributed by atoms with Crippen LogP contribution in [0.2, 0.25) is 0 Å². The number of carbonyl (C=O) groups is 2. The summed E-state index contributed by atoms with van der Waals surface area (Å²) in [6.45, 7) is 2.28. The number of amides is 2. The van der Waals surface area contributed by atoms with E-state index in [0.29, 0.717) is 18.0 Å². The molecule has 1 aliphatic heterocycles. The Bertz CT molecular complexity index is 544. The number of hydrogen-bond donors (Lipinski definition) is 2. The monoisotopic (exact) mass is 292 g/mol.